The van der Waals surface area contributed by atoms with Gasteiger partial charge >= 0.3 is 0 Å². The molecule has 3 N–H and O–H groups in total. The van der Waals surface area contributed by atoms with Gasteiger partial charge < -0.3 is 10.8 Å². The molecule has 0 fully saturated rings. The monoisotopic (exact) mass is 299 g/mol. The Morgan fingerprint density at radius 2 is 2.13 bits per heavy atom. The van der Waals surface area contributed by atoms with Crippen molar-refractivity contribution in [3.63, 3.8) is 0 Å². The van der Waals surface area contributed by atoms with E-state index in [9.17, 15) is 8.78 Å². The molecule has 0 heterocycles. The van der Waals surface area contributed by atoms with Crippen molar-refractivity contribution in [3.8, 4) is 0 Å². The lowest BCUT2D eigenvalue weighted by molar-refractivity contribution is -0.0711. The normalized spacial score (nSPS) is 14.0. The Morgan fingerprint density at radius 3 is 2.60 bits per heavy atom. The molecule has 1 aromatic rings. The molecule has 0 bridgehead atoms. The molecule has 0 spiro atoms. The smallest absolute Gasteiger partial charge is 0.289 e. The molecule has 1 aromatic carbocycles. The SMILES string of the molecule is N[C@H](c1ccc(Cl)c(Br)c1)C(F)(F)CO. The lowest BCUT2D eigenvalue weighted by Gasteiger charge is -2.21. The van der Waals surface area contributed by atoms with Crippen LogP contribution in [0.2, 0.25) is 5.02 Å². The molecule has 0 unspecified atom stereocenters. The van der Waals surface area contributed by atoms with Crippen LogP contribution in [-0.4, -0.2) is 17.6 Å². The second-order valence-corrected chi connectivity index (χ2v) is 4.33. The predicted molar refractivity (Wildman–Crippen MR) is 58.1 cm³/mol. The lowest BCUT2D eigenvalue weighted by atomic mass is 10.0. The van der Waals surface area contributed by atoms with E-state index in [0.29, 0.717) is 9.50 Å². The van der Waals surface area contributed by atoms with Gasteiger partial charge in [-0.3, -0.25) is 0 Å². The number of nitrogens with two attached hydrogens (primary N) is 1. The quantitative estimate of drug-likeness (QED) is 0.901. The number of aliphatic hydroxyl groups is 1. The number of hydrogen-bond acceptors (Lipinski definition) is 2. The molecule has 0 aliphatic carbocycles. The molecule has 6 heteroatoms. The zero-order chi connectivity index (χ0) is 11.6. The van der Waals surface area contributed by atoms with E-state index in [0.717, 1.165) is 0 Å². The molecule has 0 radical (unpaired) electrons. The summed E-state index contributed by atoms with van der Waals surface area (Å²) in [6.45, 7) is -1.28. The summed E-state index contributed by atoms with van der Waals surface area (Å²) in [4.78, 5) is 0. The average Bonchev–Trinajstić information content (AvgIpc) is 2.21. The molecule has 0 aromatic heterocycles. The van der Waals surface area contributed by atoms with E-state index in [1.807, 2.05) is 0 Å². The minimum atomic E-state index is -3.34. The summed E-state index contributed by atoms with van der Waals surface area (Å²) in [5.74, 6) is -3.34. The van der Waals surface area contributed by atoms with Crippen LogP contribution in [0.25, 0.3) is 0 Å². The van der Waals surface area contributed by atoms with E-state index in [-0.39, 0.29) is 5.56 Å². The van der Waals surface area contributed by atoms with Crippen LogP contribution in [0.5, 0.6) is 0 Å². The highest BCUT2D eigenvalue weighted by molar-refractivity contribution is 9.10. The van der Waals surface area contributed by atoms with Crippen molar-refractivity contribution in [3.05, 3.63) is 33.3 Å². The highest BCUT2D eigenvalue weighted by Crippen LogP contribution is 2.32. The van der Waals surface area contributed by atoms with Gasteiger partial charge in [-0.05, 0) is 33.6 Å². The topological polar surface area (TPSA) is 46.2 Å². The predicted octanol–water partition coefficient (Wildman–Crippen LogP) is 2.73. The number of halogens is 4. The summed E-state index contributed by atoms with van der Waals surface area (Å²) in [6, 6.07) is 2.74. The summed E-state index contributed by atoms with van der Waals surface area (Å²) < 4.78 is 26.6. The molecule has 1 rings (SSSR count). The largest absolute Gasteiger partial charge is 0.390 e. The van der Waals surface area contributed by atoms with Crippen molar-refractivity contribution >= 4 is 27.5 Å². The fourth-order valence-electron chi connectivity index (χ4n) is 1.05. The van der Waals surface area contributed by atoms with Crippen LogP contribution < -0.4 is 5.73 Å². The summed E-state index contributed by atoms with van der Waals surface area (Å²) in [7, 11) is 0. The Morgan fingerprint density at radius 1 is 1.53 bits per heavy atom. The fraction of sp³-hybridized carbons (Fsp3) is 0.333. The summed E-state index contributed by atoms with van der Waals surface area (Å²) in [6.07, 6.45) is 0. The van der Waals surface area contributed by atoms with Gasteiger partial charge in [-0.2, -0.15) is 0 Å². The number of alkyl halides is 2. The molecule has 0 aliphatic heterocycles. The van der Waals surface area contributed by atoms with Gasteiger partial charge in [0.05, 0.1) is 11.1 Å². The number of aliphatic hydroxyl groups excluding tert-OH is 1. The summed E-state index contributed by atoms with van der Waals surface area (Å²) in [5, 5.41) is 8.90. The maximum Gasteiger partial charge on any atom is 0.289 e. The summed E-state index contributed by atoms with van der Waals surface area (Å²) in [5.41, 5.74) is 5.54. The Bertz CT molecular complexity index is 362. The Hall–Kier alpha value is -0.230. The minimum Gasteiger partial charge on any atom is -0.390 e. The second kappa shape index (κ2) is 4.74. The van der Waals surface area contributed by atoms with Crippen LogP contribution in [-0.2, 0) is 0 Å². The van der Waals surface area contributed by atoms with Gasteiger partial charge in [-0.15, -0.1) is 0 Å². The zero-order valence-electron chi connectivity index (χ0n) is 7.55. The van der Waals surface area contributed by atoms with Gasteiger partial charge in [0.25, 0.3) is 5.92 Å². The van der Waals surface area contributed by atoms with Gasteiger partial charge in [0, 0.05) is 4.47 Å². The first kappa shape index (κ1) is 12.8. The molecule has 84 valence electrons. The third-order valence-corrected chi connectivity index (χ3v) is 3.18. The van der Waals surface area contributed by atoms with Gasteiger partial charge in [0.1, 0.15) is 6.61 Å². The van der Waals surface area contributed by atoms with Crippen LogP contribution in [0.15, 0.2) is 22.7 Å². The molecule has 1 atom stereocenters. The van der Waals surface area contributed by atoms with Crippen molar-refractivity contribution in [2.45, 2.75) is 12.0 Å². The Kier molecular flexibility index (Phi) is 4.06. The van der Waals surface area contributed by atoms with Crippen LogP contribution in [0, 0.1) is 0 Å². The Labute approximate surface area is 99.2 Å². The van der Waals surface area contributed by atoms with Gasteiger partial charge in [0.2, 0.25) is 0 Å². The van der Waals surface area contributed by atoms with Crippen molar-refractivity contribution in [2.24, 2.45) is 5.73 Å². The first-order valence-corrected chi connectivity index (χ1v) is 5.25. The van der Waals surface area contributed by atoms with E-state index >= 15 is 0 Å². The lowest BCUT2D eigenvalue weighted by Crippen LogP contribution is -2.36. The molecular weight excluding hydrogens is 291 g/mol. The van der Waals surface area contributed by atoms with Crippen molar-refractivity contribution in [1.29, 1.82) is 0 Å². The molecule has 2 nitrogen and oxygen atoms in total. The highest BCUT2D eigenvalue weighted by Gasteiger charge is 2.37. The van der Waals surface area contributed by atoms with E-state index in [1.165, 1.54) is 18.2 Å². The van der Waals surface area contributed by atoms with Crippen molar-refractivity contribution in [2.75, 3.05) is 6.61 Å². The molecule has 0 amide bonds. The molecule has 0 saturated carbocycles. The van der Waals surface area contributed by atoms with E-state index in [4.69, 9.17) is 22.4 Å². The standard InChI is InChI=1S/C9H9BrClF2NO/c10-6-3-5(1-2-7(6)11)8(14)9(12,13)4-15/h1-3,8,15H,4,14H2/t8-/m1/s1. The highest BCUT2D eigenvalue weighted by atomic mass is 79.9. The minimum absolute atomic E-state index is 0.213. The first-order chi connectivity index (χ1) is 6.88. The van der Waals surface area contributed by atoms with Gasteiger partial charge in [-0.25, -0.2) is 8.78 Å². The first-order valence-electron chi connectivity index (χ1n) is 4.07. The van der Waals surface area contributed by atoms with Crippen LogP contribution in [0.4, 0.5) is 8.78 Å². The third-order valence-electron chi connectivity index (χ3n) is 1.97. The molecule has 15 heavy (non-hydrogen) atoms. The van der Waals surface area contributed by atoms with Crippen molar-refractivity contribution in [1.82, 2.24) is 0 Å². The fourth-order valence-corrected chi connectivity index (χ4v) is 1.56. The van der Waals surface area contributed by atoms with E-state index in [2.05, 4.69) is 15.9 Å². The average molecular weight is 301 g/mol. The Balaban J connectivity index is 3.02. The van der Waals surface area contributed by atoms with Crippen molar-refractivity contribution < 1.29 is 13.9 Å². The third kappa shape index (κ3) is 2.87. The maximum atomic E-state index is 13.0. The molecular formula is C9H9BrClF2NO. The van der Waals surface area contributed by atoms with Crippen LogP contribution >= 0.6 is 27.5 Å². The maximum absolute atomic E-state index is 13.0. The van der Waals surface area contributed by atoms with Crippen LogP contribution in [0.3, 0.4) is 0 Å². The second-order valence-electron chi connectivity index (χ2n) is 3.07. The van der Waals surface area contributed by atoms with Gasteiger partial charge in [0.15, 0.2) is 0 Å². The van der Waals surface area contributed by atoms with E-state index < -0.39 is 18.6 Å². The number of hydrogen-bond donors (Lipinski definition) is 2. The van der Waals surface area contributed by atoms with Gasteiger partial charge in [-0.1, -0.05) is 17.7 Å². The number of rotatable bonds is 3. The molecule has 0 aliphatic rings. The number of benzene rings is 1. The van der Waals surface area contributed by atoms with E-state index in [1.54, 1.807) is 0 Å². The van der Waals surface area contributed by atoms with Crippen LogP contribution in [0.1, 0.15) is 11.6 Å². The molecule has 0 saturated heterocycles. The zero-order valence-corrected chi connectivity index (χ0v) is 9.89. The summed E-state index contributed by atoms with van der Waals surface area (Å²) >= 11 is 8.82.